The molecule has 2 unspecified atom stereocenters. The number of benzene rings is 2. The van der Waals surface area contributed by atoms with E-state index >= 15 is 0 Å². The van der Waals surface area contributed by atoms with Gasteiger partial charge in [-0.1, -0.05) is 69.2 Å². The normalized spacial score (nSPS) is 13.4. The van der Waals surface area contributed by atoms with Gasteiger partial charge in [0.2, 0.25) is 5.91 Å². The van der Waals surface area contributed by atoms with Gasteiger partial charge >= 0.3 is 5.97 Å². The zero-order valence-corrected chi connectivity index (χ0v) is 15.0. The third-order valence-electron chi connectivity index (χ3n) is 4.64. The molecule has 0 bridgehead atoms. The second-order valence-corrected chi connectivity index (χ2v) is 6.53. The number of amides is 1. The van der Waals surface area contributed by atoms with Crippen LogP contribution in [0.4, 0.5) is 0 Å². The number of hydrogen-bond donors (Lipinski definition) is 2. The first-order chi connectivity index (χ1) is 12.0. The van der Waals surface area contributed by atoms with Gasteiger partial charge in [-0.05, 0) is 29.2 Å². The van der Waals surface area contributed by atoms with E-state index < -0.39 is 12.0 Å². The van der Waals surface area contributed by atoms with Crippen molar-refractivity contribution in [2.24, 2.45) is 5.92 Å². The van der Waals surface area contributed by atoms with Crippen molar-refractivity contribution in [1.29, 1.82) is 0 Å². The molecule has 0 aromatic heterocycles. The van der Waals surface area contributed by atoms with Crippen LogP contribution in [-0.2, 0) is 16.0 Å². The Balaban J connectivity index is 2.08. The van der Waals surface area contributed by atoms with Gasteiger partial charge in [-0.3, -0.25) is 4.79 Å². The van der Waals surface area contributed by atoms with Crippen LogP contribution in [0.1, 0.15) is 45.1 Å². The van der Waals surface area contributed by atoms with Crippen molar-refractivity contribution >= 4 is 22.6 Å². The average Bonchev–Trinajstić information content (AvgIpc) is 2.61. The summed E-state index contributed by atoms with van der Waals surface area (Å²) in [7, 11) is 0. The Kier molecular flexibility index (Phi) is 6.99. The summed E-state index contributed by atoms with van der Waals surface area (Å²) in [5.41, 5.74) is 0.910. The van der Waals surface area contributed by atoms with Gasteiger partial charge < -0.3 is 10.4 Å². The van der Waals surface area contributed by atoms with Crippen LogP contribution in [-0.4, -0.2) is 23.0 Å². The zero-order valence-electron chi connectivity index (χ0n) is 15.0. The summed E-state index contributed by atoms with van der Waals surface area (Å²) in [6, 6.07) is 13.0. The minimum Gasteiger partial charge on any atom is -0.480 e. The highest BCUT2D eigenvalue weighted by atomic mass is 16.4. The van der Waals surface area contributed by atoms with Crippen molar-refractivity contribution in [3.05, 3.63) is 48.0 Å². The van der Waals surface area contributed by atoms with Crippen LogP contribution in [0.3, 0.4) is 0 Å². The predicted molar refractivity (Wildman–Crippen MR) is 101 cm³/mol. The number of rotatable bonds is 9. The first-order valence-electron chi connectivity index (χ1n) is 9.06. The van der Waals surface area contributed by atoms with Crippen LogP contribution >= 0.6 is 0 Å². The third kappa shape index (κ3) is 5.31. The minimum atomic E-state index is -0.994. The standard InChI is InChI=1S/C21H27NO3/c1-3-5-8-16(4-2)20(23)22-19(21(24)25)14-15-11-12-17-9-6-7-10-18(17)13-15/h6-7,9-13,16,19H,3-5,8,14H2,1-2H3,(H,22,23)(H,24,25). The summed E-state index contributed by atoms with van der Waals surface area (Å²) in [5, 5.41) is 14.4. The second kappa shape index (κ2) is 9.21. The quantitative estimate of drug-likeness (QED) is 0.719. The molecular weight excluding hydrogens is 314 g/mol. The fourth-order valence-electron chi connectivity index (χ4n) is 3.06. The van der Waals surface area contributed by atoms with E-state index in [0.29, 0.717) is 0 Å². The molecule has 2 aromatic carbocycles. The Morgan fingerprint density at radius 1 is 1.08 bits per heavy atom. The maximum Gasteiger partial charge on any atom is 0.326 e. The highest BCUT2D eigenvalue weighted by molar-refractivity contribution is 5.86. The predicted octanol–water partition coefficient (Wildman–Crippen LogP) is 4.17. The molecule has 25 heavy (non-hydrogen) atoms. The number of fused-ring (bicyclic) bond motifs is 1. The summed E-state index contributed by atoms with van der Waals surface area (Å²) in [6.07, 6.45) is 3.84. The first-order valence-corrected chi connectivity index (χ1v) is 9.06. The van der Waals surface area contributed by atoms with Crippen LogP contribution in [0.25, 0.3) is 10.8 Å². The maximum absolute atomic E-state index is 12.4. The smallest absolute Gasteiger partial charge is 0.326 e. The molecule has 134 valence electrons. The summed E-state index contributed by atoms with van der Waals surface area (Å²) < 4.78 is 0. The highest BCUT2D eigenvalue weighted by Gasteiger charge is 2.24. The average molecular weight is 341 g/mol. The number of carboxylic acids is 1. The van der Waals surface area contributed by atoms with Crippen LogP contribution < -0.4 is 5.32 Å². The molecule has 0 aliphatic rings. The molecule has 2 atom stereocenters. The Morgan fingerprint density at radius 2 is 1.80 bits per heavy atom. The lowest BCUT2D eigenvalue weighted by Gasteiger charge is -2.19. The Labute approximate surface area is 149 Å². The van der Waals surface area contributed by atoms with Gasteiger partial charge in [-0.2, -0.15) is 0 Å². The number of aliphatic carboxylic acids is 1. The molecule has 0 saturated heterocycles. The van der Waals surface area contributed by atoms with Crippen molar-refractivity contribution in [1.82, 2.24) is 5.32 Å². The first kappa shape index (κ1) is 19.0. The largest absolute Gasteiger partial charge is 0.480 e. The molecule has 0 saturated carbocycles. The number of nitrogens with one attached hydrogen (secondary N) is 1. The van der Waals surface area contributed by atoms with Gasteiger partial charge in [0.25, 0.3) is 0 Å². The molecule has 0 aliphatic carbocycles. The summed E-state index contributed by atoms with van der Waals surface area (Å²) in [6.45, 7) is 4.06. The van der Waals surface area contributed by atoms with Gasteiger partial charge in [0.15, 0.2) is 0 Å². The lowest BCUT2D eigenvalue weighted by Crippen LogP contribution is -2.44. The van der Waals surface area contributed by atoms with Gasteiger partial charge in [0.1, 0.15) is 6.04 Å². The Morgan fingerprint density at radius 3 is 2.44 bits per heavy atom. The van der Waals surface area contributed by atoms with E-state index in [4.69, 9.17) is 0 Å². The Hall–Kier alpha value is -2.36. The highest BCUT2D eigenvalue weighted by Crippen LogP contribution is 2.18. The number of carboxylic acid groups (broad SMARTS) is 1. The van der Waals surface area contributed by atoms with Crippen LogP contribution in [0, 0.1) is 5.92 Å². The molecule has 0 aliphatic heterocycles. The monoisotopic (exact) mass is 341 g/mol. The van der Waals surface area contributed by atoms with Crippen molar-refractivity contribution in [3.8, 4) is 0 Å². The number of unbranched alkanes of at least 4 members (excludes halogenated alkanes) is 1. The SMILES string of the molecule is CCCCC(CC)C(=O)NC(Cc1ccc2ccccc2c1)C(=O)O. The zero-order chi connectivity index (χ0) is 18.2. The van der Waals surface area contributed by atoms with E-state index in [1.54, 1.807) is 0 Å². The van der Waals surface area contributed by atoms with Crippen LogP contribution in [0.15, 0.2) is 42.5 Å². The van der Waals surface area contributed by atoms with Gasteiger partial charge in [-0.25, -0.2) is 4.79 Å². The molecule has 4 nitrogen and oxygen atoms in total. The minimum absolute atomic E-state index is 0.113. The van der Waals surface area contributed by atoms with Gasteiger partial charge in [0.05, 0.1) is 0 Å². The van der Waals surface area contributed by atoms with Gasteiger partial charge in [-0.15, -0.1) is 0 Å². The van der Waals surface area contributed by atoms with E-state index in [1.807, 2.05) is 49.4 Å². The summed E-state index contributed by atoms with van der Waals surface area (Å²) in [5.74, 6) is -1.26. The lowest BCUT2D eigenvalue weighted by atomic mass is 9.97. The molecule has 0 heterocycles. The Bertz CT molecular complexity index is 726. The molecule has 0 spiro atoms. The molecule has 2 aromatic rings. The number of hydrogen-bond acceptors (Lipinski definition) is 2. The van der Waals surface area contributed by atoms with Crippen LogP contribution in [0.2, 0.25) is 0 Å². The molecule has 2 N–H and O–H groups in total. The molecule has 2 rings (SSSR count). The van der Waals surface area contributed by atoms with E-state index in [-0.39, 0.29) is 18.2 Å². The third-order valence-corrected chi connectivity index (χ3v) is 4.64. The van der Waals surface area contributed by atoms with Crippen molar-refractivity contribution in [3.63, 3.8) is 0 Å². The van der Waals surface area contributed by atoms with Crippen LogP contribution in [0.5, 0.6) is 0 Å². The summed E-state index contributed by atoms with van der Waals surface area (Å²) >= 11 is 0. The van der Waals surface area contributed by atoms with Crippen molar-refractivity contribution in [2.45, 2.75) is 52.0 Å². The lowest BCUT2D eigenvalue weighted by molar-refractivity contribution is -0.142. The fourth-order valence-corrected chi connectivity index (χ4v) is 3.06. The summed E-state index contributed by atoms with van der Waals surface area (Å²) in [4.78, 5) is 24.0. The van der Waals surface area contributed by atoms with Crippen molar-refractivity contribution < 1.29 is 14.7 Å². The number of carbonyl (C=O) groups is 2. The van der Waals surface area contributed by atoms with Gasteiger partial charge in [0, 0.05) is 12.3 Å². The maximum atomic E-state index is 12.4. The molecular formula is C21H27NO3. The molecule has 0 radical (unpaired) electrons. The topological polar surface area (TPSA) is 66.4 Å². The molecule has 4 heteroatoms. The molecule has 1 amide bonds. The second-order valence-electron chi connectivity index (χ2n) is 6.53. The van der Waals surface area contributed by atoms with Crippen molar-refractivity contribution in [2.75, 3.05) is 0 Å². The van der Waals surface area contributed by atoms with E-state index in [2.05, 4.69) is 12.2 Å². The van der Waals surface area contributed by atoms with E-state index in [0.717, 1.165) is 42.0 Å². The molecule has 0 fully saturated rings. The fraction of sp³-hybridized carbons (Fsp3) is 0.429. The van der Waals surface area contributed by atoms with E-state index in [9.17, 15) is 14.7 Å². The van der Waals surface area contributed by atoms with E-state index in [1.165, 1.54) is 0 Å². The number of carbonyl (C=O) groups excluding carboxylic acids is 1.